The minimum atomic E-state index is -2.60. The molecule has 1 unspecified atom stereocenters. The number of hydrogen-bond acceptors (Lipinski definition) is 3. The Bertz CT molecular complexity index is 221. The van der Waals surface area contributed by atoms with Crippen molar-refractivity contribution in [2.45, 2.75) is 44.1 Å². The lowest BCUT2D eigenvalue weighted by atomic mass is 9.82. The number of alkyl halides is 2. The molecule has 1 aliphatic rings. The molecule has 0 aliphatic heterocycles. The third-order valence-corrected chi connectivity index (χ3v) is 2.91. The van der Waals surface area contributed by atoms with Crippen LogP contribution in [0.5, 0.6) is 0 Å². The number of halogens is 2. The fraction of sp³-hybridized carbons (Fsp3) is 0.900. The smallest absolute Gasteiger partial charge is 0.308 e. The summed E-state index contributed by atoms with van der Waals surface area (Å²) < 4.78 is 30.0. The van der Waals surface area contributed by atoms with Crippen molar-refractivity contribution in [2.24, 2.45) is 5.92 Å². The molecule has 0 aromatic rings. The van der Waals surface area contributed by atoms with Crippen LogP contribution in [0.15, 0.2) is 0 Å². The third-order valence-electron chi connectivity index (χ3n) is 2.91. The summed E-state index contributed by atoms with van der Waals surface area (Å²) in [7, 11) is 1.24. The molecule has 0 aromatic carbocycles. The highest BCUT2D eigenvalue weighted by Gasteiger charge is 2.37. The number of carbonyl (C=O) groups is 1. The number of carbonyl (C=O) groups excluding carboxylic acids is 1. The van der Waals surface area contributed by atoms with Crippen LogP contribution in [0.2, 0.25) is 0 Å². The zero-order valence-corrected chi connectivity index (χ0v) is 8.71. The Kier molecular flexibility index (Phi) is 4.02. The van der Waals surface area contributed by atoms with Crippen LogP contribution in [-0.2, 0) is 9.53 Å². The van der Waals surface area contributed by atoms with Crippen molar-refractivity contribution in [3.63, 3.8) is 0 Å². The molecule has 15 heavy (non-hydrogen) atoms. The highest BCUT2D eigenvalue weighted by Crippen LogP contribution is 2.37. The molecule has 88 valence electrons. The number of aliphatic hydroxyl groups is 1. The molecule has 3 nitrogen and oxygen atoms in total. The van der Waals surface area contributed by atoms with E-state index in [2.05, 4.69) is 4.74 Å². The van der Waals surface area contributed by atoms with E-state index in [0.29, 0.717) is 0 Å². The zero-order valence-electron chi connectivity index (χ0n) is 8.71. The van der Waals surface area contributed by atoms with Gasteiger partial charge in [0.15, 0.2) is 0 Å². The van der Waals surface area contributed by atoms with Gasteiger partial charge in [0.1, 0.15) is 0 Å². The second-order valence-electron chi connectivity index (χ2n) is 4.04. The van der Waals surface area contributed by atoms with Gasteiger partial charge in [-0.15, -0.1) is 0 Å². The van der Waals surface area contributed by atoms with Crippen LogP contribution in [0.1, 0.15) is 32.1 Å². The lowest BCUT2D eigenvalue weighted by Gasteiger charge is -2.30. The first-order chi connectivity index (χ1) is 6.94. The highest BCUT2D eigenvalue weighted by atomic mass is 19.3. The Morgan fingerprint density at radius 2 is 2.07 bits per heavy atom. The SMILES string of the molecule is COC(=O)CC(O)C1CCC(F)(F)CC1. The van der Waals surface area contributed by atoms with E-state index in [1.165, 1.54) is 7.11 Å². The quantitative estimate of drug-likeness (QED) is 0.740. The maximum Gasteiger partial charge on any atom is 0.308 e. The Labute approximate surface area is 87.4 Å². The van der Waals surface area contributed by atoms with Crippen LogP contribution in [0.3, 0.4) is 0 Å². The van der Waals surface area contributed by atoms with Gasteiger partial charge in [-0.3, -0.25) is 4.79 Å². The van der Waals surface area contributed by atoms with E-state index in [-0.39, 0.29) is 38.0 Å². The fourth-order valence-corrected chi connectivity index (χ4v) is 1.87. The van der Waals surface area contributed by atoms with E-state index < -0.39 is 18.0 Å². The van der Waals surface area contributed by atoms with E-state index in [1.807, 2.05) is 0 Å². The highest BCUT2D eigenvalue weighted by molar-refractivity contribution is 5.69. The second-order valence-corrected chi connectivity index (χ2v) is 4.04. The summed E-state index contributed by atoms with van der Waals surface area (Å²) in [6.45, 7) is 0. The number of ether oxygens (including phenoxy) is 1. The van der Waals surface area contributed by atoms with Crippen LogP contribution in [-0.4, -0.2) is 30.2 Å². The van der Waals surface area contributed by atoms with Crippen molar-refractivity contribution < 1.29 is 23.4 Å². The minimum absolute atomic E-state index is 0.104. The molecule has 0 spiro atoms. The first-order valence-electron chi connectivity index (χ1n) is 5.07. The van der Waals surface area contributed by atoms with Crippen molar-refractivity contribution in [1.82, 2.24) is 0 Å². The van der Waals surface area contributed by atoms with E-state index in [9.17, 15) is 18.7 Å². The van der Waals surface area contributed by atoms with Crippen molar-refractivity contribution in [3.05, 3.63) is 0 Å². The molecule has 1 aliphatic carbocycles. The first-order valence-corrected chi connectivity index (χ1v) is 5.07. The molecule has 0 aromatic heterocycles. The second kappa shape index (κ2) is 4.88. The number of rotatable bonds is 3. The van der Waals surface area contributed by atoms with Crippen LogP contribution < -0.4 is 0 Å². The maximum absolute atomic E-state index is 12.8. The molecule has 1 fully saturated rings. The number of esters is 1. The molecule has 0 heterocycles. The normalized spacial score (nSPS) is 23.5. The Morgan fingerprint density at radius 1 is 1.53 bits per heavy atom. The number of hydrogen-bond donors (Lipinski definition) is 1. The van der Waals surface area contributed by atoms with Gasteiger partial charge in [0.05, 0.1) is 19.6 Å². The Balaban J connectivity index is 2.36. The largest absolute Gasteiger partial charge is 0.469 e. The molecular formula is C10H16F2O3. The Hall–Kier alpha value is -0.710. The van der Waals surface area contributed by atoms with Crippen molar-refractivity contribution in [2.75, 3.05) is 7.11 Å². The summed E-state index contributed by atoms with van der Waals surface area (Å²) in [5.74, 6) is -3.30. The van der Waals surface area contributed by atoms with Gasteiger partial charge < -0.3 is 9.84 Å². The van der Waals surface area contributed by atoms with Gasteiger partial charge >= 0.3 is 5.97 Å². The average molecular weight is 222 g/mol. The standard InChI is InChI=1S/C10H16F2O3/c1-15-9(14)6-8(13)7-2-4-10(11,12)5-3-7/h7-8,13H,2-6H2,1H3. The fourth-order valence-electron chi connectivity index (χ4n) is 1.87. The summed E-state index contributed by atoms with van der Waals surface area (Å²) >= 11 is 0. The Morgan fingerprint density at radius 3 is 2.53 bits per heavy atom. The molecule has 0 saturated heterocycles. The summed E-state index contributed by atoms with van der Waals surface area (Å²) in [6, 6.07) is 0. The lowest BCUT2D eigenvalue weighted by molar-refractivity contribution is -0.144. The predicted octanol–water partition coefficient (Wildman–Crippen LogP) is 1.74. The first kappa shape index (κ1) is 12.4. The molecule has 1 atom stereocenters. The lowest BCUT2D eigenvalue weighted by Crippen LogP contribution is -2.32. The molecule has 0 bridgehead atoms. The molecule has 1 N–H and O–H groups in total. The van der Waals surface area contributed by atoms with Gasteiger partial charge in [-0.25, -0.2) is 8.78 Å². The molecule has 1 saturated carbocycles. The van der Waals surface area contributed by atoms with Crippen LogP contribution in [0, 0.1) is 5.92 Å². The third kappa shape index (κ3) is 3.74. The van der Waals surface area contributed by atoms with Crippen LogP contribution >= 0.6 is 0 Å². The maximum atomic E-state index is 12.8. The molecular weight excluding hydrogens is 206 g/mol. The van der Waals surface area contributed by atoms with Gasteiger partial charge in [0.2, 0.25) is 5.92 Å². The summed E-state index contributed by atoms with van der Waals surface area (Å²) in [5.41, 5.74) is 0. The average Bonchev–Trinajstić information content (AvgIpc) is 2.17. The zero-order chi connectivity index (χ0) is 11.5. The van der Waals surface area contributed by atoms with Crippen molar-refractivity contribution >= 4 is 5.97 Å². The van der Waals surface area contributed by atoms with Gasteiger partial charge in [0.25, 0.3) is 0 Å². The van der Waals surface area contributed by atoms with Gasteiger partial charge in [-0.05, 0) is 18.8 Å². The van der Waals surface area contributed by atoms with Gasteiger partial charge in [-0.1, -0.05) is 0 Å². The minimum Gasteiger partial charge on any atom is -0.469 e. The van der Waals surface area contributed by atoms with E-state index in [1.54, 1.807) is 0 Å². The van der Waals surface area contributed by atoms with Gasteiger partial charge in [0, 0.05) is 12.8 Å². The van der Waals surface area contributed by atoms with E-state index in [0.717, 1.165) is 0 Å². The van der Waals surface area contributed by atoms with Crippen LogP contribution in [0.25, 0.3) is 0 Å². The number of methoxy groups -OCH3 is 1. The number of aliphatic hydroxyl groups excluding tert-OH is 1. The molecule has 1 rings (SSSR count). The topological polar surface area (TPSA) is 46.5 Å². The monoisotopic (exact) mass is 222 g/mol. The van der Waals surface area contributed by atoms with E-state index in [4.69, 9.17) is 0 Å². The summed E-state index contributed by atoms with van der Waals surface area (Å²) in [5, 5.41) is 9.60. The van der Waals surface area contributed by atoms with Crippen molar-refractivity contribution in [1.29, 1.82) is 0 Å². The van der Waals surface area contributed by atoms with Crippen molar-refractivity contribution in [3.8, 4) is 0 Å². The summed E-state index contributed by atoms with van der Waals surface area (Å²) in [4.78, 5) is 10.9. The van der Waals surface area contributed by atoms with Crippen LogP contribution in [0.4, 0.5) is 8.78 Å². The summed E-state index contributed by atoms with van der Waals surface area (Å²) in [6.07, 6.45) is -0.817. The van der Waals surface area contributed by atoms with Gasteiger partial charge in [-0.2, -0.15) is 0 Å². The van der Waals surface area contributed by atoms with E-state index >= 15 is 0 Å². The molecule has 0 radical (unpaired) electrons. The molecule has 0 amide bonds. The predicted molar refractivity (Wildman–Crippen MR) is 49.5 cm³/mol. The molecule has 5 heteroatoms.